The summed E-state index contributed by atoms with van der Waals surface area (Å²) >= 11 is 2.70. The second kappa shape index (κ2) is 19.4. The average Bonchev–Trinajstić information content (AvgIpc) is 3.60. The Morgan fingerprint density at radius 2 is 1.52 bits per heavy atom. The molecule has 1 aliphatic heterocycles. The lowest BCUT2D eigenvalue weighted by molar-refractivity contribution is -0.115. The van der Waals surface area contributed by atoms with Crippen molar-refractivity contribution in [2.24, 2.45) is 0 Å². The van der Waals surface area contributed by atoms with Gasteiger partial charge < -0.3 is 34.9 Å². The molecule has 3 N–H and O–H groups in total. The van der Waals surface area contributed by atoms with E-state index in [1.165, 1.54) is 63.2 Å². The number of carbonyl (C=O) groups is 4. The number of methoxy groups -OCH3 is 4. The van der Waals surface area contributed by atoms with E-state index >= 15 is 0 Å². The fourth-order valence-electron chi connectivity index (χ4n) is 6.42. The van der Waals surface area contributed by atoms with Crippen molar-refractivity contribution in [3.05, 3.63) is 135 Å². The molecule has 0 saturated carbocycles. The Hall–Kier alpha value is -6.09. The van der Waals surface area contributed by atoms with Crippen LogP contribution < -0.4 is 30.2 Å². The second-order valence-corrected chi connectivity index (χ2v) is 15.7. The molecule has 6 rings (SSSR count). The first-order valence-corrected chi connectivity index (χ1v) is 20.1. The molecule has 12 nitrogen and oxygen atoms in total. The van der Waals surface area contributed by atoms with Gasteiger partial charge in [0.05, 0.1) is 39.3 Å². The molecule has 5 aromatic rings. The van der Waals surface area contributed by atoms with Gasteiger partial charge in [0.15, 0.2) is 11.5 Å². The SMILES string of the molecule is COC(=O)c1c(NC(=O)C(C)Sc2cccc(NC(=O)/C(=C\c3cc(OC)c(OC)cc3OC)NC(=O)c3ccccc3)c2)sc2c1CCN(Cc1ccccc1)C2. The van der Waals surface area contributed by atoms with Gasteiger partial charge in [0.1, 0.15) is 16.4 Å². The molecule has 14 heteroatoms. The maximum Gasteiger partial charge on any atom is 0.341 e. The number of carbonyl (C=O) groups excluding carboxylic acids is 4. The smallest absolute Gasteiger partial charge is 0.341 e. The number of hydrogen-bond donors (Lipinski definition) is 3. The zero-order valence-corrected chi connectivity index (χ0v) is 34.4. The number of benzene rings is 4. The van der Waals surface area contributed by atoms with Gasteiger partial charge in [0, 0.05) is 52.3 Å². The van der Waals surface area contributed by atoms with Gasteiger partial charge in [-0.3, -0.25) is 19.3 Å². The zero-order chi connectivity index (χ0) is 41.2. The molecule has 3 amide bonds. The van der Waals surface area contributed by atoms with Gasteiger partial charge in [-0.25, -0.2) is 4.79 Å². The van der Waals surface area contributed by atoms with Crippen molar-refractivity contribution in [1.82, 2.24) is 10.2 Å². The molecular formula is C44H44N4O8S2. The van der Waals surface area contributed by atoms with E-state index in [0.29, 0.717) is 62.5 Å². The number of ether oxygens (including phenoxy) is 4. The fraction of sp³-hybridized carbons (Fsp3) is 0.227. The zero-order valence-electron chi connectivity index (χ0n) is 32.8. The number of nitrogens with one attached hydrogen (secondary N) is 3. The number of thiophene rings is 1. The minimum absolute atomic E-state index is 0.0617. The van der Waals surface area contributed by atoms with Crippen molar-refractivity contribution >= 4 is 63.6 Å². The minimum atomic E-state index is -0.603. The van der Waals surface area contributed by atoms with Gasteiger partial charge >= 0.3 is 5.97 Å². The number of fused-ring (bicyclic) bond motifs is 1. The normalized spacial score (nSPS) is 13.1. The summed E-state index contributed by atoms with van der Waals surface area (Å²) in [5.41, 5.74) is 3.71. The largest absolute Gasteiger partial charge is 0.496 e. The summed E-state index contributed by atoms with van der Waals surface area (Å²) in [7, 11) is 5.82. The highest BCUT2D eigenvalue weighted by atomic mass is 32.2. The van der Waals surface area contributed by atoms with E-state index in [1.807, 2.05) is 24.3 Å². The number of nitrogens with zero attached hydrogens (tertiary/aromatic N) is 1. The lowest BCUT2D eigenvalue weighted by atomic mass is 10.0. The minimum Gasteiger partial charge on any atom is -0.496 e. The highest BCUT2D eigenvalue weighted by Crippen LogP contribution is 2.39. The molecule has 1 aromatic heterocycles. The van der Waals surface area contributed by atoms with Crippen LogP contribution in [0.4, 0.5) is 10.7 Å². The first kappa shape index (κ1) is 41.5. The fourth-order valence-corrected chi connectivity index (χ4v) is 8.63. The highest BCUT2D eigenvalue weighted by Gasteiger charge is 2.30. The number of amides is 3. The van der Waals surface area contributed by atoms with E-state index in [0.717, 1.165) is 23.5 Å². The van der Waals surface area contributed by atoms with E-state index in [1.54, 1.807) is 67.6 Å². The third-order valence-corrected chi connectivity index (χ3v) is 11.6. The summed E-state index contributed by atoms with van der Waals surface area (Å²) in [6.07, 6.45) is 2.16. The van der Waals surface area contributed by atoms with Gasteiger partial charge in [-0.1, -0.05) is 54.6 Å². The molecule has 0 radical (unpaired) electrons. The lowest BCUT2D eigenvalue weighted by Gasteiger charge is -2.27. The number of rotatable bonds is 15. The molecule has 0 fully saturated rings. The van der Waals surface area contributed by atoms with Crippen LogP contribution in [0.15, 0.2) is 108 Å². The number of anilines is 2. The van der Waals surface area contributed by atoms with Crippen LogP contribution in [0.2, 0.25) is 0 Å². The first-order chi connectivity index (χ1) is 28.1. The Labute approximate surface area is 345 Å². The van der Waals surface area contributed by atoms with Crippen LogP contribution >= 0.6 is 23.1 Å². The second-order valence-electron chi connectivity index (χ2n) is 13.2. The van der Waals surface area contributed by atoms with Crippen LogP contribution in [-0.4, -0.2) is 68.8 Å². The van der Waals surface area contributed by atoms with Crippen LogP contribution in [0.25, 0.3) is 6.08 Å². The molecule has 2 heterocycles. The molecule has 4 aromatic carbocycles. The summed E-state index contributed by atoms with van der Waals surface area (Å²) < 4.78 is 21.6. The van der Waals surface area contributed by atoms with E-state index in [-0.39, 0.29) is 11.6 Å². The van der Waals surface area contributed by atoms with E-state index < -0.39 is 23.0 Å². The molecule has 0 saturated heterocycles. The van der Waals surface area contributed by atoms with E-state index in [4.69, 9.17) is 18.9 Å². The van der Waals surface area contributed by atoms with E-state index in [2.05, 4.69) is 33.0 Å². The average molecular weight is 821 g/mol. The highest BCUT2D eigenvalue weighted by molar-refractivity contribution is 8.00. The van der Waals surface area contributed by atoms with Crippen LogP contribution in [0.5, 0.6) is 17.2 Å². The van der Waals surface area contributed by atoms with Crippen molar-refractivity contribution in [3.8, 4) is 17.2 Å². The topological polar surface area (TPSA) is 145 Å². The molecule has 1 unspecified atom stereocenters. The third-order valence-electron chi connectivity index (χ3n) is 9.35. The van der Waals surface area contributed by atoms with Gasteiger partial charge in [-0.15, -0.1) is 23.1 Å². The Kier molecular flexibility index (Phi) is 13.9. The monoisotopic (exact) mass is 820 g/mol. The molecule has 1 atom stereocenters. The number of hydrogen-bond acceptors (Lipinski definition) is 11. The Balaban J connectivity index is 1.18. The van der Waals surface area contributed by atoms with Crippen LogP contribution in [0.1, 0.15) is 49.2 Å². The molecule has 1 aliphatic rings. The van der Waals surface area contributed by atoms with Crippen LogP contribution in [0.3, 0.4) is 0 Å². The van der Waals surface area contributed by atoms with Crippen molar-refractivity contribution in [1.29, 1.82) is 0 Å². The molecule has 0 aliphatic carbocycles. The van der Waals surface area contributed by atoms with Gasteiger partial charge in [0.25, 0.3) is 11.8 Å². The Morgan fingerprint density at radius 1 is 0.828 bits per heavy atom. The van der Waals surface area contributed by atoms with Crippen molar-refractivity contribution in [2.45, 2.75) is 36.6 Å². The summed E-state index contributed by atoms with van der Waals surface area (Å²) in [6, 6.07) is 29.1. The molecule has 0 bridgehead atoms. The molecular weight excluding hydrogens is 777 g/mol. The maximum absolute atomic E-state index is 13.9. The summed E-state index contributed by atoms with van der Waals surface area (Å²) in [4.78, 5) is 57.9. The van der Waals surface area contributed by atoms with Crippen LogP contribution in [0, 0.1) is 0 Å². The third kappa shape index (κ3) is 10.1. The Morgan fingerprint density at radius 3 is 2.21 bits per heavy atom. The van der Waals surface area contributed by atoms with Crippen molar-refractivity contribution in [3.63, 3.8) is 0 Å². The first-order valence-electron chi connectivity index (χ1n) is 18.4. The van der Waals surface area contributed by atoms with Gasteiger partial charge in [-0.2, -0.15) is 0 Å². The van der Waals surface area contributed by atoms with Crippen LogP contribution in [-0.2, 0) is 33.8 Å². The maximum atomic E-state index is 13.9. The predicted molar refractivity (Wildman–Crippen MR) is 227 cm³/mol. The number of esters is 1. The van der Waals surface area contributed by atoms with Crippen molar-refractivity contribution < 1.29 is 38.1 Å². The lowest BCUT2D eigenvalue weighted by Crippen LogP contribution is -2.30. The van der Waals surface area contributed by atoms with Gasteiger partial charge in [0.2, 0.25) is 5.91 Å². The standard InChI is InChI=1S/C44H44N4O8S2/c1-27(40(49)47-43-39(44(52)56-5)33-19-20-48(26-38(33)58-43)25-28-13-8-6-9-14-28)57-32-18-12-17-31(23-32)45-42(51)34(46-41(50)29-15-10-7-11-16-29)21-30-22-36(54-3)37(55-4)24-35(30)53-2/h6-18,21-24,27H,19-20,25-26H2,1-5H3,(H,45,51)(H,46,50)(H,47,49)/b34-21+. The summed E-state index contributed by atoms with van der Waals surface area (Å²) in [5, 5.41) is 8.51. The molecule has 300 valence electrons. The number of thioether (sulfide) groups is 1. The van der Waals surface area contributed by atoms with Gasteiger partial charge in [-0.05, 0) is 66.9 Å². The van der Waals surface area contributed by atoms with E-state index in [9.17, 15) is 19.2 Å². The summed E-state index contributed by atoms with van der Waals surface area (Å²) in [6.45, 7) is 3.99. The molecule has 58 heavy (non-hydrogen) atoms. The molecule has 0 spiro atoms. The Bertz CT molecular complexity index is 2310. The summed E-state index contributed by atoms with van der Waals surface area (Å²) in [5.74, 6) is -0.651. The quantitative estimate of drug-likeness (QED) is 0.0548. The predicted octanol–water partition coefficient (Wildman–Crippen LogP) is 7.65. The van der Waals surface area contributed by atoms with Crippen molar-refractivity contribution in [2.75, 3.05) is 45.6 Å².